The molecule has 0 aliphatic rings. The number of nitriles is 1. The van der Waals surface area contributed by atoms with E-state index in [1.165, 1.54) is 0 Å². The number of rotatable bonds is 1. The summed E-state index contributed by atoms with van der Waals surface area (Å²) in [6.45, 7) is 2.42. The Bertz CT molecular complexity index is 333. The van der Waals surface area contributed by atoms with Crippen LogP contribution in [0.2, 0.25) is 0 Å². The van der Waals surface area contributed by atoms with Crippen molar-refractivity contribution in [3.05, 3.63) is 23.5 Å². The lowest BCUT2D eigenvalue weighted by Gasteiger charge is -1.90. The fourth-order valence-corrected chi connectivity index (χ4v) is 0.937. The van der Waals surface area contributed by atoms with Gasteiger partial charge in [0.15, 0.2) is 0 Å². The lowest BCUT2D eigenvalue weighted by molar-refractivity contribution is 0.848. The van der Waals surface area contributed by atoms with Crippen molar-refractivity contribution in [2.24, 2.45) is 0 Å². The van der Waals surface area contributed by atoms with Crippen molar-refractivity contribution in [2.45, 2.75) is 13.5 Å². The first-order chi connectivity index (χ1) is 5.27. The van der Waals surface area contributed by atoms with Crippen molar-refractivity contribution in [1.29, 1.82) is 5.26 Å². The maximum atomic E-state index is 8.58. The average Bonchev–Trinajstić information content (AvgIpc) is 2.32. The van der Waals surface area contributed by atoms with Crippen LogP contribution in [0.5, 0.6) is 0 Å². The van der Waals surface area contributed by atoms with E-state index < -0.39 is 0 Å². The van der Waals surface area contributed by atoms with Crippen LogP contribution in [0, 0.1) is 30.6 Å². The molecule has 1 rings (SSSR count). The molecule has 1 heterocycles. The highest BCUT2D eigenvalue weighted by molar-refractivity contribution is 5.34. The normalized spacial score (nSPS) is 8.64. The Kier molecular flexibility index (Phi) is 1.99. The van der Waals surface area contributed by atoms with Crippen LogP contribution in [0.4, 0.5) is 0 Å². The van der Waals surface area contributed by atoms with E-state index in [2.05, 4.69) is 12.0 Å². The van der Waals surface area contributed by atoms with Crippen LogP contribution >= 0.6 is 0 Å². The maximum absolute atomic E-state index is 8.58. The molecule has 0 spiro atoms. The standard InChI is InChI=1S/C9H8N2/c1-3-4-11-6-8(2)9(5-10)7-11/h1,6-7H,4H2,2H3. The minimum absolute atomic E-state index is 0.530. The van der Waals surface area contributed by atoms with Crippen LogP contribution in [0.15, 0.2) is 12.4 Å². The molecule has 0 atom stereocenters. The number of hydrogen-bond donors (Lipinski definition) is 0. The molecule has 1 aromatic rings. The third kappa shape index (κ3) is 1.42. The largest absolute Gasteiger partial charge is 0.341 e. The summed E-state index contributed by atoms with van der Waals surface area (Å²) in [5.41, 5.74) is 1.67. The highest BCUT2D eigenvalue weighted by Gasteiger charge is 1.98. The first-order valence-electron chi connectivity index (χ1n) is 3.28. The zero-order chi connectivity index (χ0) is 8.27. The fraction of sp³-hybridized carbons (Fsp3) is 0.222. The van der Waals surface area contributed by atoms with Crippen LogP contribution in [0.3, 0.4) is 0 Å². The van der Waals surface area contributed by atoms with Gasteiger partial charge in [0.05, 0.1) is 12.1 Å². The summed E-state index contributed by atoms with van der Waals surface area (Å²) in [7, 11) is 0. The zero-order valence-electron chi connectivity index (χ0n) is 6.33. The molecule has 0 N–H and O–H groups in total. The second-order valence-electron chi connectivity index (χ2n) is 2.34. The van der Waals surface area contributed by atoms with Crippen molar-refractivity contribution in [3.8, 4) is 18.4 Å². The fourth-order valence-electron chi connectivity index (χ4n) is 0.937. The van der Waals surface area contributed by atoms with Crippen molar-refractivity contribution < 1.29 is 0 Å². The van der Waals surface area contributed by atoms with E-state index in [4.69, 9.17) is 11.7 Å². The molecular formula is C9H8N2. The van der Waals surface area contributed by atoms with Gasteiger partial charge in [0.25, 0.3) is 0 Å². The predicted octanol–water partition coefficient (Wildman–Crippen LogP) is 1.30. The van der Waals surface area contributed by atoms with Gasteiger partial charge in [-0.3, -0.25) is 0 Å². The van der Waals surface area contributed by atoms with Crippen molar-refractivity contribution in [3.63, 3.8) is 0 Å². The Morgan fingerprint density at radius 1 is 1.64 bits per heavy atom. The van der Waals surface area contributed by atoms with Gasteiger partial charge in [0.1, 0.15) is 6.07 Å². The minimum atomic E-state index is 0.530. The second-order valence-corrected chi connectivity index (χ2v) is 2.34. The Labute approximate surface area is 66.1 Å². The smallest absolute Gasteiger partial charge is 0.101 e. The van der Waals surface area contributed by atoms with Crippen molar-refractivity contribution in [2.75, 3.05) is 0 Å². The van der Waals surface area contributed by atoms with Gasteiger partial charge in [-0.2, -0.15) is 5.26 Å². The third-order valence-corrected chi connectivity index (χ3v) is 1.47. The molecule has 54 valence electrons. The Morgan fingerprint density at radius 3 is 2.82 bits per heavy atom. The summed E-state index contributed by atoms with van der Waals surface area (Å²) in [4.78, 5) is 0. The first kappa shape index (κ1) is 7.44. The van der Waals surface area contributed by atoms with Crippen LogP contribution in [0.1, 0.15) is 11.1 Å². The Hall–Kier alpha value is -1.67. The molecule has 0 bridgehead atoms. The number of aromatic nitrogens is 1. The summed E-state index contributed by atoms with van der Waals surface area (Å²) < 4.78 is 1.83. The molecule has 11 heavy (non-hydrogen) atoms. The summed E-state index contributed by atoms with van der Waals surface area (Å²) in [5, 5.41) is 8.58. The van der Waals surface area contributed by atoms with E-state index in [1.54, 1.807) is 6.20 Å². The van der Waals surface area contributed by atoms with E-state index >= 15 is 0 Å². The summed E-state index contributed by atoms with van der Waals surface area (Å²) >= 11 is 0. The molecule has 0 aliphatic heterocycles. The van der Waals surface area contributed by atoms with Gasteiger partial charge in [0, 0.05) is 12.4 Å². The van der Waals surface area contributed by atoms with Gasteiger partial charge in [-0.05, 0) is 12.5 Å². The van der Waals surface area contributed by atoms with Gasteiger partial charge >= 0.3 is 0 Å². The molecule has 0 amide bonds. The van der Waals surface area contributed by atoms with Gasteiger partial charge in [-0.15, -0.1) is 6.42 Å². The molecule has 2 heteroatoms. The van der Waals surface area contributed by atoms with Crippen LogP contribution in [-0.4, -0.2) is 4.57 Å². The molecule has 1 aromatic heterocycles. The molecule has 2 nitrogen and oxygen atoms in total. The zero-order valence-corrected chi connectivity index (χ0v) is 6.33. The molecule has 0 unspecified atom stereocenters. The Balaban J connectivity index is 3.00. The van der Waals surface area contributed by atoms with Crippen LogP contribution in [0.25, 0.3) is 0 Å². The lowest BCUT2D eigenvalue weighted by atomic mass is 10.2. The molecule has 0 aromatic carbocycles. The van der Waals surface area contributed by atoms with Crippen molar-refractivity contribution >= 4 is 0 Å². The summed E-state index contributed by atoms with van der Waals surface area (Å²) in [5.74, 6) is 2.50. The molecular weight excluding hydrogens is 136 g/mol. The summed E-state index contributed by atoms with van der Waals surface area (Å²) in [6.07, 6.45) is 8.74. The monoisotopic (exact) mass is 144 g/mol. The predicted molar refractivity (Wildman–Crippen MR) is 42.7 cm³/mol. The molecule has 0 aliphatic carbocycles. The van der Waals surface area contributed by atoms with E-state index in [1.807, 2.05) is 17.7 Å². The quantitative estimate of drug-likeness (QED) is 0.546. The van der Waals surface area contributed by atoms with Gasteiger partial charge in [-0.25, -0.2) is 0 Å². The Morgan fingerprint density at radius 2 is 2.36 bits per heavy atom. The maximum Gasteiger partial charge on any atom is 0.101 e. The second kappa shape index (κ2) is 2.94. The lowest BCUT2D eigenvalue weighted by Crippen LogP contribution is -1.88. The minimum Gasteiger partial charge on any atom is -0.341 e. The number of nitrogens with zero attached hydrogens (tertiary/aromatic N) is 2. The van der Waals surface area contributed by atoms with Crippen LogP contribution < -0.4 is 0 Å². The number of aryl methyl sites for hydroxylation is 1. The van der Waals surface area contributed by atoms with E-state index in [9.17, 15) is 0 Å². The highest BCUT2D eigenvalue weighted by Crippen LogP contribution is 2.06. The SMILES string of the molecule is C#CCn1cc(C)c(C#N)c1. The highest BCUT2D eigenvalue weighted by atomic mass is 14.9. The van der Waals surface area contributed by atoms with Gasteiger partial charge < -0.3 is 4.57 Å². The van der Waals surface area contributed by atoms with E-state index in [-0.39, 0.29) is 0 Å². The molecule has 0 radical (unpaired) electrons. The molecule has 0 saturated carbocycles. The number of hydrogen-bond acceptors (Lipinski definition) is 1. The van der Waals surface area contributed by atoms with Crippen LogP contribution in [-0.2, 0) is 6.54 Å². The van der Waals surface area contributed by atoms with Gasteiger partial charge in [-0.1, -0.05) is 5.92 Å². The molecule has 0 fully saturated rings. The average molecular weight is 144 g/mol. The van der Waals surface area contributed by atoms with E-state index in [0.29, 0.717) is 12.1 Å². The topological polar surface area (TPSA) is 28.7 Å². The van der Waals surface area contributed by atoms with Crippen molar-refractivity contribution in [1.82, 2.24) is 4.57 Å². The number of terminal acetylenes is 1. The molecule has 0 saturated heterocycles. The third-order valence-electron chi connectivity index (χ3n) is 1.47. The van der Waals surface area contributed by atoms with Gasteiger partial charge in [0.2, 0.25) is 0 Å². The first-order valence-corrected chi connectivity index (χ1v) is 3.28. The van der Waals surface area contributed by atoms with E-state index in [0.717, 1.165) is 5.56 Å². The summed E-state index contributed by atoms with van der Waals surface area (Å²) in [6, 6.07) is 2.08.